The molecule has 0 aromatic heterocycles. The molecule has 1 saturated carbocycles. The van der Waals surface area contributed by atoms with Crippen molar-refractivity contribution in [2.24, 2.45) is 0 Å². The minimum atomic E-state index is -0.643. The third-order valence-corrected chi connectivity index (χ3v) is 4.11. The van der Waals surface area contributed by atoms with Crippen molar-refractivity contribution >= 4 is 18.0 Å². The first kappa shape index (κ1) is 15.8. The Morgan fingerprint density at radius 2 is 1.95 bits per heavy atom. The van der Waals surface area contributed by atoms with Gasteiger partial charge in [-0.2, -0.15) is 5.26 Å². The minimum absolute atomic E-state index is 0.196. The number of amides is 1. The Morgan fingerprint density at radius 1 is 1.32 bits per heavy atom. The molecule has 0 radical (unpaired) electrons. The molecule has 5 heteroatoms. The standard InChI is InChI=1S/C17H18N2O3/c1-19(17(12-18)10-3-11-17)15(20)9-6-13-4-7-14(8-5-13)16(21)22-2/h4-9H,3,10-11H2,1-2H3/b9-6+. The summed E-state index contributed by atoms with van der Waals surface area (Å²) in [5.74, 6) is -0.592. The first-order chi connectivity index (χ1) is 10.5. The highest BCUT2D eigenvalue weighted by Crippen LogP contribution is 2.36. The van der Waals surface area contributed by atoms with Gasteiger partial charge in [-0.1, -0.05) is 12.1 Å². The number of ether oxygens (including phenoxy) is 1. The fourth-order valence-corrected chi connectivity index (χ4v) is 2.37. The summed E-state index contributed by atoms with van der Waals surface area (Å²) in [5, 5.41) is 9.24. The van der Waals surface area contributed by atoms with Gasteiger partial charge >= 0.3 is 5.97 Å². The molecule has 0 aliphatic heterocycles. The molecule has 0 unspecified atom stereocenters. The fourth-order valence-electron chi connectivity index (χ4n) is 2.37. The third-order valence-electron chi connectivity index (χ3n) is 4.11. The fraction of sp³-hybridized carbons (Fsp3) is 0.353. The van der Waals surface area contributed by atoms with Crippen molar-refractivity contribution in [2.75, 3.05) is 14.2 Å². The number of benzene rings is 1. The summed E-state index contributed by atoms with van der Waals surface area (Å²) in [7, 11) is 2.99. The van der Waals surface area contributed by atoms with Gasteiger partial charge in [-0.05, 0) is 43.0 Å². The highest BCUT2D eigenvalue weighted by Gasteiger charge is 2.42. The lowest BCUT2D eigenvalue weighted by Crippen LogP contribution is -2.52. The largest absolute Gasteiger partial charge is 0.465 e. The summed E-state index contributed by atoms with van der Waals surface area (Å²) in [6.45, 7) is 0. The summed E-state index contributed by atoms with van der Waals surface area (Å²) in [5.41, 5.74) is 0.617. The molecule has 1 aliphatic carbocycles. The van der Waals surface area contributed by atoms with Crippen molar-refractivity contribution in [3.63, 3.8) is 0 Å². The molecule has 1 amide bonds. The van der Waals surface area contributed by atoms with Crippen molar-refractivity contribution in [2.45, 2.75) is 24.8 Å². The average Bonchev–Trinajstić information content (AvgIpc) is 2.51. The highest BCUT2D eigenvalue weighted by molar-refractivity contribution is 5.93. The van der Waals surface area contributed by atoms with Crippen LogP contribution in [0.1, 0.15) is 35.2 Å². The molecule has 0 atom stereocenters. The van der Waals surface area contributed by atoms with Crippen LogP contribution in [0.5, 0.6) is 0 Å². The molecule has 1 aromatic rings. The Morgan fingerprint density at radius 3 is 2.41 bits per heavy atom. The number of carbonyl (C=O) groups excluding carboxylic acids is 2. The van der Waals surface area contributed by atoms with E-state index in [4.69, 9.17) is 0 Å². The first-order valence-corrected chi connectivity index (χ1v) is 7.08. The van der Waals surface area contributed by atoms with Gasteiger partial charge in [0.1, 0.15) is 5.54 Å². The summed E-state index contributed by atoms with van der Waals surface area (Å²) in [4.78, 5) is 25.0. The second-order valence-electron chi connectivity index (χ2n) is 5.34. The van der Waals surface area contributed by atoms with Gasteiger partial charge in [0.25, 0.3) is 0 Å². The third kappa shape index (κ3) is 3.01. The number of esters is 1. The quantitative estimate of drug-likeness (QED) is 0.632. The normalized spacial score (nSPS) is 15.7. The SMILES string of the molecule is COC(=O)c1ccc(/C=C/C(=O)N(C)C2(C#N)CCC2)cc1. The van der Waals surface area contributed by atoms with Gasteiger partial charge in [0.15, 0.2) is 0 Å². The maximum atomic E-state index is 12.2. The maximum Gasteiger partial charge on any atom is 0.337 e. The van der Waals surface area contributed by atoms with Crippen LogP contribution in [0.15, 0.2) is 30.3 Å². The van der Waals surface area contributed by atoms with Gasteiger partial charge in [0, 0.05) is 13.1 Å². The predicted octanol–water partition coefficient (Wildman–Crippen LogP) is 2.39. The van der Waals surface area contributed by atoms with E-state index in [0.29, 0.717) is 5.56 Å². The van der Waals surface area contributed by atoms with Crippen LogP contribution in [0.4, 0.5) is 0 Å². The molecule has 0 heterocycles. The Bertz CT molecular complexity index is 637. The molecule has 2 rings (SSSR count). The van der Waals surface area contributed by atoms with Crippen LogP contribution in [0.2, 0.25) is 0 Å². The number of methoxy groups -OCH3 is 1. The molecule has 5 nitrogen and oxygen atoms in total. The van der Waals surface area contributed by atoms with Gasteiger partial charge in [-0.15, -0.1) is 0 Å². The van der Waals surface area contributed by atoms with E-state index in [1.807, 2.05) is 0 Å². The number of carbonyl (C=O) groups is 2. The maximum absolute atomic E-state index is 12.2. The minimum Gasteiger partial charge on any atom is -0.465 e. The van der Waals surface area contributed by atoms with E-state index in [2.05, 4.69) is 10.8 Å². The summed E-state index contributed by atoms with van der Waals surface area (Å²) in [6, 6.07) is 8.99. The number of hydrogen-bond donors (Lipinski definition) is 0. The van der Waals surface area contributed by atoms with Gasteiger partial charge in [-0.25, -0.2) is 4.79 Å². The molecular weight excluding hydrogens is 280 g/mol. The van der Waals surface area contributed by atoms with Crippen molar-refractivity contribution in [3.8, 4) is 6.07 Å². The zero-order chi connectivity index (χ0) is 16.2. The summed E-state index contributed by atoms with van der Waals surface area (Å²) in [6.07, 6.45) is 5.55. The van der Waals surface area contributed by atoms with E-state index in [1.165, 1.54) is 18.1 Å². The molecule has 1 aliphatic rings. The zero-order valence-electron chi connectivity index (χ0n) is 12.7. The number of rotatable bonds is 4. The molecule has 0 spiro atoms. The van der Waals surface area contributed by atoms with E-state index >= 15 is 0 Å². The Kier molecular flexibility index (Phi) is 4.62. The predicted molar refractivity (Wildman–Crippen MR) is 81.8 cm³/mol. The van der Waals surface area contributed by atoms with Crippen LogP contribution in [0, 0.1) is 11.3 Å². The number of nitriles is 1. The molecule has 114 valence electrons. The van der Waals surface area contributed by atoms with Gasteiger partial charge in [0.05, 0.1) is 18.7 Å². The van der Waals surface area contributed by atoms with E-state index < -0.39 is 11.5 Å². The summed E-state index contributed by atoms with van der Waals surface area (Å²) < 4.78 is 4.63. The number of likely N-dealkylation sites (N-methyl/N-ethyl adjacent to an activating group) is 1. The monoisotopic (exact) mass is 298 g/mol. The Balaban J connectivity index is 2.04. The second-order valence-corrected chi connectivity index (χ2v) is 5.34. The Labute approximate surface area is 129 Å². The molecule has 1 aromatic carbocycles. The number of hydrogen-bond acceptors (Lipinski definition) is 4. The van der Waals surface area contributed by atoms with E-state index in [-0.39, 0.29) is 5.91 Å². The van der Waals surface area contributed by atoms with Crippen LogP contribution in [-0.4, -0.2) is 36.5 Å². The first-order valence-electron chi connectivity index (χ1n) is 7.08. The lowest BCUT2D eigenvalue weighted by molar-refractivity contribution is -0.130. The van der Waals surface area contributed by atoms with Crippen LogP contribution in [0.3, 0.4) is 0 Å². The molecule has 1 fully saturated rings. The zero-order valence-corrected chi connectivity index (χ0v) is 12.7. The smallest absolute Gasteiger partial charge is 0.337 e. The second kappa shape index (κ2) is 6.44. The van der Waals surface area contributed by atoms with Crippen molar-refractivity contribution in [1.82, 2.24) is 4.90 Å². The molecule has 0 bridgehead atoms. The van der Waals surface area contributed by atoms with Gasteiger partial charge in [0.2, 0.25) is 5.91 Å². The Hall–Kier alpha value is -2.61. The van der Waals surface area contributed by atoms with Crippen molar-refractivity contribution < 1.29 is 14.3 Å². The van der Waals surface area contributed by atoms with Gasteiger partial charge in [-0.3, -0.25) is 4.79 Å². The average molecular weight is 298 g/mol. The highest BCUT2D eigenvalue weighted by atomic mass is 16.5. The lowest BCUT2D eigenvalue weighted by Gasteiger charge is -2.42. The topological polar surface area (TPSA) is 70.4 Å². The van der Waals surface area contributed by atoms with Gasteiger partial charge < -0.3 is 9.64 Å². The van der Waals surface area contributed by atoms with E-state index in [9.17, 15) is 14.9 Å². The van der Waals surface area contributed by atoms with E-state index in [0.717, 1.165) is 24.8 Å². The molecule has 22 heavy (non-hydrogen) atoms. The van der Waals surface area contributed by atoms with E-state index in [1.54, 1.807) is 37.4 Å². The van der Waals surface area contributed by atoms with Crippen LogP contribution >= 0.6 is 0 Å². The molecular formula is C17H18N2O3. The molecule has 0 saturated heterocycles. The van der Waals surface area contributed by atoms with Crippen molar-refractivity contribution in [1.29, 1.82) is 5.26 Å². The van der Waals surface area contributed by atoms with Crippen molar-refractivity contribution in [3.05, 3.63) is 41.5 Å². The lowest BCUT2D eigenvalue weighted by atomic mass is 9.76. The van der Waals surface area contributed by atoms with Crippen LogP contribution in [-0.2, 0) is 9.53 Å². The van der Waals surface area contributed by atoms with Crippen LogP contribution in [0.25, 0.3) is 6.08 Å². The van der Waals surface area contributed by atoms with Crippen LogP contribution < -0.4 is 0 Å². The number of nitrogens with zero attached hydrogens (tertiary/aromatic N) is 2. The summed E-state index contributed by atoms with van der Waals surface area (Å²) >= 11 is 0. The molecule has 0 N–H and O–H groups in total.